The van der Waals surface area contributed by atoms with Gasteiger partial charge in [0.15, 0.2) is 11.6 Å². The Hall–Kier alpha value is -1.38. The van der Waals surface area contributed by atoms with Gasteiger partial charge in [-0.25, -0.2) is 0 Å². The topological polar surface area (TPSA) is 49.9 Å². The number of H-pyrrole nitrogens is 1. The van der Waals surface area contributed by atoms with E-state index in [1.165, 1.54) is 13.8 Å². The molecule has 0 aliphatic carbocycles. The van der Waals surface area contributed by atoms with Crippen molar-refractivity contribution in [2.45, 2.75) is 20.8 Å². The van der Waals surface area contributed by atoms with Gasteiger partial charge in [0.25, 0.3) is 0 Å². The first-order valence-electron chi connectivity index (χ1n) is 3.74. The van der Waals surface area contributed by atoms with E-state index < -0.39 is 0 Å². The van der Waals surface area contributed by atoms with Gasteiger partial charge in [-0.1, -0.05) is 0 Å². The predicted molar refractivity (Wildman–Crippen MR) is 45.5 cm³/mol. The molecule has 0 aliphatic rings. The van der Waals surface area contributed by atoms with Crippen LogP contribution >= 0.6 is 0 Å². The van der Waals surface area contributed by atoms with Gasteiger partial charge in [-0.2, -0.15) is 0 Å². The summed E-state index contributed by atoms with van der Waals surface area (Å²) in [6.07, 6.45) is 0. The molecule has 0 amide bonds. The standard InChI is InChI=1S/C9H11NO2/c1-5-8(6(2)11)4-9(10-5)7(3)12/h4,10H,1-3H3. The summed E-state index contributed by atoms with van der Waals surface area (Å²) in [6.45, 7) is 4.73. The maximum atomic E-state index is 11.0. The van der Waals surface area contributed by atoms with E-state index in [1.54, 1.807) is 13.0 Å². The van der Waals surface area contributed by atoms with Gasteiger partial charge in [0, 0.05) is 18.2 Å². The number of hydrogen-bond acceptors (Lipinski definition) is 2. The van der Waals surface area contributed by atoms with Gasteiger partial charge in [-0.15, -0.1) is 0 Å². The van der Waals surface area contributed by atoms with E-state index in [1.807, 2.05) is 0 Å². The first-order valence-corrected chi connectivity index (χ1v) is 3.74. The fraction of sp³-hybridized carbons (Fsp3) is 0.333. The van der Waals surface area contributed by atoms with E-state index in [0.29, 0.717) is 11.3 Å². The molecule has 3 nitrogen and oxygen atoms in total. The van der Waals surface area contributed by atoms with Crippen molar-refractivity contribution in [1.82, 2.24) is 4.98 Å². The summed E-state index contributed by atoms with van der Waals surface area (Å²) >= 11 is 0. The first kappa shape index (κ1) is 8.71. The summed E-state index contributed by atoms with van der Waals surface area (Å²) in [5, 5.41) is 0. The highest BCUT2D eigenvalue weighted by Crippen LogP contribution is 2.10. The van der Waals surface area contributed by atoms with Crippen LogP contribution in [0.1, 0.15) is 40.4 Å². The van der Waals surface area contributed by atoms with Crippen LogP contribution in [0.4, 0.5) is 0 Å². The van der Waals surface area contributed by atoms with Crippen molar-refractivity contribution >= 4 is 11.6 Å². The highest BCUT2D eigenvalue weighted by molar-refractivity contribution is 6.00. The third kappa shape index (κ3) is 1.44. The monoisotopic (exact) mass is 165 g/mol. The van der Waals surface area contributed by atoms with E-state index >= 15 is 0 Å². The van der Waals surface area contributed by atoms with Crippen LogP contribution in [0.3, 0.4) is 0 Å². The lowest BCUT2D eigenvalue weighted by Gasteiger charge is -1.88. The molecule has 1 aromatic heterocycles. The van der Waals surface area contributed by atoms with Crippen LogP contribution in [-0.4, -0.2) is 16.6 Å². The zero-order chi connectivity index (χ0) is 9.30. The van der Waals surface area contributed by atoms with Crippen LogP contribution < -0.4 is 0 Å². The Morgan fingerprint density at radius 1 is 1.25 bits per heavy atom. The smallest absolute Gasteiger partial charge is 0.175 e. The van der Waals surface area contributed by atoms with Crippen LogP contribution in [0.15, 0.2) is 6.07 Å². The molecule has 1 aromatic rings. The number of nitrogens with one attached hydrogen (secondary N) is 1. The number of rotatable bonds is 2. The molecule has 1 heterocycles. The minimum Gasteiger partial charge on any atom is -0.356 e. The maximum absolute atomic E-state index is 11.0. The van der Waals surface area contributed by atoms with Crippen LogP contribution in [0, 0.1) is 6.92 Å². The fourth-order valence-electron chi connectivity index (χ4n) is 1.11. The van der Waals surface area contributed by atoms with Crippen molar-refractivity contribution in [1.29, 1.82) is 0 Å². The summed E-state index contributed by atoms with van der Waals surface area (Å²) < 4.78 is 0. The minimum absolute atomic E-state index is 0.0174. The quantitative estimate of drug-likeness (QED) is 0.678. The predicted octanol–water partition coefficient (Wildman–Crippen LogP) is 1.73. The van der Waals surface area contributed by atoms with Gasteiger partial charge in [-0.3, -0.25) is 9.59 Å². The van der Waals surface area contributed by atoms with Gasteiger partial charge in [0.2, 0.25) is 0 Å². The summed E-state index contributed by atoms with van der Waals surface area (Å²) in [7, 11) is 0. The lowest BCUT2D eigenvalue weighted by Crippen LogP contribution is -1.91. The number of carbonyl (C=O) groups excluding carboxylic acids is 2. The molecule has 0 unspecified atom stereocenters. The second kappa shape index (κ2) is 2.93. The normalized spacial score (nSPS) is 9.92. The molecule has 0 aromatic carbocycles. The Kier molecular flexibility index (Phi) is 2.13. The van der Waals surface area contributed by atoms with Crippen LogP contribution in [0.2, 0.25) is 0 Å². The Balaban J connectivity index is 3.17. The summed E-state index contributed by atoms with van der Waals surface area (Å²) in [6, 6.07) is 1.60. The molecule has 0 spiro atoms. The molecule has 64 valence electrons. The van der Waals surface area contributed by atoms with Crippen molar-refractivity contribution in [3.05, 3.63) is 23.0 Å². The summed E-state index contributed by atoms with van der Waals surface area (Å²) in [4.78, 5) is 24.7. The first-order chi connectivity index (χ1) is 5.52. The van der Waals surface area contributed by atoms with Crippen molar-refractivity contribution in [3.63, 3.8) is 0 Å². The number of aryl methyl sites for hydroxylation is 1. The SMILES string of the molecule is CC(=O)c1cc(C(C)=O)c(C)[nH]1. The van der Waals surface area contributed by atoms with Crippen molar-refractivity contribution < 1.29 is 9.59 Å². The Labute approximate surface area is 70.8 Å². The average Bonchev–Trinajstić information content (AvgIpc) is 2.30. The second-order valence-corrected chi connectivity index (χ2v) is 2.83. The van der Waals surface area contributed by atoms with Gasteiger partial charge in [0.05, 0.1) is 5.69 Å². The second-order valence-electron chi connectivity index (χ2n) is 2.83. The van der Waals surface area contributed by atoms with E-state index in [4.69, 9.17) is 0 Å². The van der Waals surface area contributed by atoms with E-state index in [0.717, 1.165) is 5.69 Å². The maximum Gasteiger partial charge on any atom is 0.175 e. The minimum atomic E-state index is -0.0504. The number of aromatic nitrogens is 1. The molecular formula is C9H11NO2. The van der Waals surface area contributed by atoms with Gasteiger partial charge in [-0.05, 0) is 19.9 Å². The molecule has 0 radical (unpaired) electrons. The van der Waals surface area contributed by atoms with Crippen LogP contribution in [0.5, 0.6) is 0 Å². The molecule has 3 heteroatoms. The van der Waals surface area contributed by atoms with Crippen molar-refractivity contribution in [3.8, 4) is 0 Å². The molecule has 0 saturated carbocycles. The fourth-order valence-corrected chi connectivity index (χ4v) is 1.11. The molecule has 0 fully saturated rings. The summed E-state index contributed by atoms with van der Waals surface area (Å²) in [5.41, 5.74) is 1.85. The van der Waals surface area contributed by atoms with E-state index in [9.17, 15) is 9.59 Å². The highest BCUT2D eigenvalue weighted by atomic mass is 16.1. The Morgan fingerprint density at radius 3 is 2.08 bits per heavy atom. The third-order valence-corrected chi connectivity index (χ3v) is 1.77. The third-order valence-electron chi connectivity index (χ3n) is 1.77. The van der Waals surface area contributed by atoms with Crippen molar-refractivity contribution in [2.75, 3.05) is 0 Å². The van der Waals surface area contributed by atoms with E-state index in [2.05, 4.69) is 4.98 Å². The lowest BCUT2D eigenvalue weighted by atomic mass is 10.2. The number of Topliss-reactive ketones (excluding diaryl/α,β-unsaturated/α-hetero) is 2. The molecule has 12 heavy (non-hydrogen) atoms. The van der Waals surface area contributed by atoms with Crippen molar-refractivity contribution in [2.24, 2.45) is 0 Å². The van der Waals surface area contributed by atoms with Crippen LogP contribution in [-0.2, 0) is 0 Å². The van der Waals surface area contributed by atoms with Crippen LogP contribution in [0.25, 0.3) is 0 Å². The highest BCUT2D eigenvalue weighted by Gasteiger charge is 2.10. The molecule has 0 atom stereocenters. The summed E-state index contributed by atoms with van der Waals surface area (Å²) in [5.74, 6) is -0.0677. The van der Waals surface area contributed by atoms with Gasteiger partial charge < -0.3 is 4.98 Å². The Morgan fingerprint density at radius 2 is 1.83 bits per heavy atom. The Bertz CT molecular complexity index is 336. The van der Waals surface area contributed by atoms with E-state index in [-0.39, 0.29) is 11.6 Å². The lowest BCUT2D eigenvalue weighted by molar-refractivity contribution is 0.101. The zero-order valence-corrected chi connectivity index (χ0v) is 7.39. The molecule has 0 aliphatic heterocycles. The van der Waals surface area contributed by atoms with Gasteiger partial charge in [0.1, 0.15) is 0 Å². The average molecular weight is 165 g/mol. The number of carbonyl (C=O) groups is 2. The van der Waals surface area contributed by atoms with Gasteiger partial charge >= 0.3 is 0 Å². The molecule has 0 bridgehead atoms. The number of hydrogen-bond donors (Lipinski definition) is 1. The molecule has 1 N–H and O–H groups in total. The molecular weight excluding hydrogens is 154 g/mol. The number of ketones is 2. The number of aromatic amines is 1. The molecule has 0 saturated heterocycles. The largest absolute Gasteiger partial charge is 0.356 e. The molecule has 1 rings (SSSR count). The zero-order valence-electron chi connectivity index (χ0n) is 7.39.